The summed E-state index contributed by atoms with van der Waals surface area (Å²) in [5, 5.41) is 21.6. The van der Waals surface area contributed by atoms with Gasteiger partial charge in [-0.1, -0.05) is 113 Å². The molecule has 6 N–H and O–H groups in total. The summed E-state index contributed by atoms with van der Waals surface area (Å²) in [6.07, 6.45) is 26.9. The van der Waals surface area contributed by atoms with Crippen LogP contribution in [-0.2, 0) is 13.1 Å². The molecule has 0 bridgehead atoms. The van der Waals surface area contributed by atoms with Gasteiger partial charge in [-0.25, -0.2) is 0 Å². The Balaban J connectivity index is 1.15. The van der Waals surface area contributed by atoms with Gasteiger partial charge in [-0.15, -0.1) is 0 Å². The van der Waals surface area contributed by atoms with Gasteiger partial charge < -0.3 is 41.4 Å². The second-order valence-electron chi connectivity index (χ2n) is 15.0. The molecule has 54 heavy (non-hydrogen) atoms. The predicted molar refractivity (Wildman–Crippen MR) is 233 cm³/mol. The van der Waals surface area contributed by atoms with Crippen LogP contribution in [-0.4, -0.2) is 79.7 Å². The molecule has 2 aromatic carbocycles. The summed E-state index contributed by atoms with van der Waals surface area (Å²) in [5.41, 5.74) is 2.45. The fourth-order valence-corrected chi connectivity index (χ4v) is 6.94. The van der Waals surface area contributed by atoms with E-state index in [4.69, 9.17) is 9.47 Å². The van der Waals surface area contributed by atoms with Crippen LogP contribution in [0.5, 0.6) is 11.5 Å². The highest BCUT2D eigenvalue weighted by Crippen LogP contribution is 2.17. The lowest BCUT2D eigenvalue weighted by molar-refractivity contribution is 0.407. The van der Waals surface area contributed by atoms with Gasteiger partial charge in [0.15, 0.2) is 0 Å². The number of hydrogen-bond donors (Lipinski definition) is 6. The van der Waals surface area contributed by atoms with E-state index in [1.165, 1.54) is 153 Å². The maximum absolute atomic E-state index is 5.42. The number of benzene rings is 2. The van der Waals surface area contributed by atoms with Crippen LogP contribution in [0, 0.1) is 0 Å². The number of para-hydroxylation sites is 2. The number of rotatable bonds is 41. The van der Waals surface area contributed by atoms with Gasteiger partial charge in [0.1, 0.15) is 11.5 Å². The predicted octanol–water partition coefficient (Wildman–Crippen LogP) is 8.74. The van der Waals surface area contributed by atoms with E-state index in [-0.39, 0.29) is 0 Å². The molecule has 0 fully saturated rings. The Labute approximate surface area is 332 Å². The number of unbranched alkanes of at least 4 members (excludes halogenated alkanes) is 15. The molecule has 0 amide bonds. The minimum absolute atomic E-state index is 0.867. The first-order valence-electron chi connectivity index (χ1n) is 22.3. The molecular weight excluding hydrogens is 669 g/mol. The average molecular weight is 753 g/mol. The molecule has 0 saturated carbocycles. The zero-order valence-corrected chi connectivity index (χ0v) is 35.1. The van der Waals surface area contributed by atoms with Crippen molar-refractivity contribution >= 4 is 0 Å². The minimum Gasteiger partial charge on any atom is -0.496 e. The number of ether oxygens (including phenoxy) is 2. The number of nitrogens with one attached hydrogen (secondary N) is 6. The monoisotopic (exact) mass is 753 g/mol. The minimum atomic E-state index is 0.867. The van der Waals surface area contributed by atoms with E-state index in [2.05, 4.69) is 56.2 Å². The van der Waals surface area contributed by atoms with E-state index >= 15 is 0 Å². The van der Waals surface area contributed by atoms with Crippen LogP contribution in [0.2, 0.25) is 0 Å². The first-order chi connectivity index (χ1) is 26.8. The van der Waals surface area contributed by atoms with Crippen molar-refractivity contribution in [2.45, 2.75) is 142 Å². The van der Waals surface area contributed by atoms with E-state index in [1.54, 1.807) is 14.2 Å². The van der Waals surface area contributed by atoms with Crippen LogP contribution >= 0.6 is 0 Å². The average Bonchev–Trinajstić information content (AvgIpc) is 3.20. The Bertz CT molecular complexity index is 990. The van der Waals surface area contributed by atoms with Crippen molar-refractivity contribution in [2.24, 2.45) is 0 Å². The zero-order chi connectivity index (χ0) is 38.3. The number of hydrogen-bond acceptors (Lipinski definition) is 8. The zero-order valence-electron chi connectivity index (χ0n) is 35.1. The number of methoxy groups -OCH3 is 2. The van der Waals surface area contributed by atoms with Crippen LogP contribution in [0.15, 0.2) is 48.5 Å². The van der Waals surface area contributed by atoms with Crippen LogP contribution < -0.4 is 41.4 Å². The molecule has 0 radical (unpaired) electrons. The molecule has 0 unspecified atom stereocenters. The molecule has 0 aliphatic rings. The van der Waals surface area contributed by atoms with Crippen molar-refractivity contribution in [3.05, 3.63) is 59.7 Å². The third-order valence-electron chi connectivity index (χ3n) is 10.3. The smallest absolute Gasteiger partial charge is 0.123 e. The fraction of sp³-hybridized carbons (Fsp3) is 0.739. The van der Waals surface area contributed by atoms with Crippen molar-refractivity contribution in [3.8, 4) is 11.5 Å². The molecular formula is C46H84N6O2. The second-order valence-corrected chi connectivity index (χ2v) is 15.0. The van der Waals surface area contributed by atoms with Gasteiger partial charge in [-0.05, 0) is 129 Å². The molecule has 8 heteroatoms. The van der Waals surface area contributed by atoms with Gasteiger partial charge in [0, 0.05) is 24.2 Å². The summed E-state index contributed by atoms with van der Waals surface area (Å²) in [5.74, 6) is 1.94. The third-order valence-corrected chi connectivity index (χ3v) is 10.3. The Morgan fingerprint density at radius 2 is 0.537 bits per heavy atom. The molecule has 0 atom stereocenters. The third kappa shape index (κ3) is 28.2. The van der Waals surface area contributed by atoms with Crippen molar-refractivity contribution in [1.82, 2.24) is 31.9 Å². The highest BCUT2D eigenvalue weighted by molar-refractivity contribution is 5.33. The van der Waals surface area contributed by atoms with E-state index in [9.17, 15) is 0 Å². The van der Waals surface area contributed by atoms with E-state index in [1.807, 2.05) is 24.3 Å². The lowest BCUT2D eigenvalue weighted by Gasteiger charge is -2.10. The summed E-state index contributed by atoms with van der Waals surface area (Å²) in [6.45, 7) is 13.0. The van der Waals surface area contributed by atoms with Crippen molar-refractivity contribution in [1.29, 1.82) is 0 Å². The molecule has 0 aliphatic heterocycles. The summed E-state index contributed by atoms with van der Waals surface area (Å²) < 4.78 is 10.8. The Kier molecular flexibility index (Phi) is 33.5. The largest absolute Gasteiger partial charge is 0.496 e. The summed E-state index contributed by atoms with van der Waals surface area (Å²) in [7, 11) is 3.48. The second kappa shape index (κ2) is 37.7. The van der Waals surface area contributed by atoms with Gasteiger partial charge in [-0.3, -0.25) is 0 Å². The molecule has 2 rings (SSSR count). The maximum Gasteiger partial charge on any atom is 0.123 e. The Morgan fingerprint density at radius 1 is 0.296 bits per heavy atom. The quantitative estimate of drug-likeness (QED) is 0.0376. The first-order valence-corrected chi connectivity index (χ1v) is 22.3. The van der Waals surface area contributed by atoms with E-state index < -0.39 is 0 Å². The molecule has 310 valence electrons. The van der Waals surface area contributed by atoms with Gasteiger partial charge in [0.05, 0.1) is 14.2 Å². The highest BCUT2D eigenvalue weighted by atomic mass is 16.5. The maximum atomic E-state index is 5.42. The standard InChI is InChI=1S/C46H84N6O2/c1-53-45-29-17-15-27-43(45)41-51-39-25-37-49-35-23-13-11-21-33-47-31-19-9-7-5-3-4-6-8-10-20-32-48-34-22-12-14-24-36-50-38-26-40-52-42-44-28-16-18-30-46(44)54-2/h15-18,27-30,47-52H,3-14,19-26,31-42H2,1-2H3. The topological polar surface area (TPSA) is 90.6 Å². The molecule has 0 heterocycles. The SMILES string of the molecule is COc1ccccc1CNCCCNCCCCCCNCCCCCCCCCCCCNCCCCCCNCCCNCc1ccccc1OC. The van der Waals surface area contributed by atoms with Crippen LogP contribution in [0.4, 0.5) is 0 Å². The normalized spacial score (nSPS) is 11.4. The van der Waals surface area contributed by atoms with Crippen molar-refractivity contribution in [2.75, 3.05) is 79.7 Å². The van der Waals surface area contributed by atoms with Crippen LogP contribution in [0.25, 0.3) is 0 Å². The fourth-order valence-electron chi connectivity index (χ4n) is 6.94. The van der Waals surface area contributed by atoms with Crippen LogP contribution in [0.1, 0.15) is 140 Å². The highest BCUT2D eigenvalue weighted by Gasteiger charge is 2.02. The van der Waals surface area contributed by atoms with E-state index in [0.717, 1.165) is 76.7 Å². The summed E-state index contributed by atoms with van der Waals surface area (Å²) >= 11 is 0. The molecule has 2 aromatic rings. The molecule has 8 nitrogen and oxygen atoms in total. The lowest BCUT2D eigenvalue weighted by atomic mass is 10.1. The van der Waals surface area contributed by atoms with Gasteiger partial charge in [0.25, 0.3) is 0 Å². The first kappa shape index (κ1) is 48.0. The summed E-state index contributed by atoms with van der Waals surface area (Å²) in [4.78, 5) is 0. The van der Waals surface area contributed by atoms with E-state index in [0.29, 0.717) is 0 Å². The van der Waals surface area contributed by atoms with Gasteiger partial charge >= 0.3 is 0 Å². The molecule has 0 aliphatic carbocycles. The molecule has 0 spiro atoms. The molecule has 0 aromatic heterocycles. The van der Waals surface area contributed by atoms with Crippen LogP contribution in [0.3, 0.4) is 0 Å². The van der Waals surface area contributed by atoms with Crippen molar-refractivity contribution < 1.29 is 9.47 Å². The molecule has 0 saturated heterocycles. The van der Waals surface area contributed by atoms with Crippen molar-refractivity contribution in [3.63, 3.8) is 0 Å². The van der Waals surface area contributed by atoms with Gasteiger partial charge in [-0.2, -0.15) is 0 Å². The lowest BCUT2D eigenvalue weighted by Crippen LogP contribution is -2.22. The Morgan fingerprint density at radius 3 is 0.833 bits per heavy atom. The summed E-state index contributed by atoms with van der Waals surface area (Å²) in [6, 6.07) is 16.5. The van der Waals surface area contributed by atoms with Gasteiger partial charge in [0.2, 0.25) is 0 Å². The Hall–Kier alpha value is -2.20.